The van der Waals surface area contributed by atoms with Crippen LogP contribution in [-0.2, 0) is 19.6 Å². The second kappa shape index (κ2) is 9.87. The summed E-state index contributed by atoms with van der Waals surface area (Å²) in [6.45, 7) is -0.723. The Morgan fingerprint density at radius 1 is 0.970 bits per heavy atom. The van der Waals surface area contributed by atoms with Crippen LogP contribution in [-0.4, -0.2) is 31.8 Å². The molecule has 0 atom stereocenters. The number of para-hydroxylation sites is 1. The van der Waals surface area contributed by atoms with Crippen molar-refractivity contribution in [3.8, 4) is 0 Å². The number of carbonyl (C=O) groups is 2. The summed E-state index contributed by atoms with van der Waals surface area (Å²) in [7, 11) is -3.87. The second-order valence-electron chi connectivity index (χ2n) is 6.54. The van der Waals surface area contributed by atoms with E-state index in [1.807, 2.05) is 0 Å². The maximum Gasteiger partial charge on any atom is 0.338 e. The smallest absolute Gasteiger partial charge is 0.338 e. The first-order valence-corrected chi connectivity index (χ1v) is 10.7. The van der Waals surface area contributed by atoms with Gasteiger partial charge in [0, 0.05) is 17.4 Å². The molecule has 10 nitrogen and oxygen atoms in total. The zero-order valence-corrected chi connectivity index (χ0v) is 17.5. The number of carbonyl (C=O) groups excluding carboxylic acids is 2. The van der Waals surface area contributed by atoms with E-state index < -0.39 is 44.9 Å². The number of amides is 1. The predicted molar refractivity (Wildman–Crippen MR) is 116 cm³/mol. The largest absolute Gasteiger partial charge is 0.452 e. The van der Waals surface area contributed by atoms with Crippen LogP contribution in [0.15, 0.2) is 77.7 Å². The minimum atomic E-state index is -3.87. The van der Waals surface area contributed by atoms with Crippen molar-refractivity contribution in [3.05, 3.63) is 94.3 Å². The summed E-state index contributed by atoms with van der Waals surface area (Å²) in [5, 5.41) is 13.0. The van der Waals surface area contributed by atoms with Crippen LogP contribution < -0.4 is 10.0 Å². The Labute approximate surface area is 187 Å². The number of nitrogens with one attached hydrogen (secondary N) is 2. The highest BCUT2D eigenvalue weighted by atomic mass is 32.2. The number of ether oxygens (including phenoxy) is 1. The van der Waals surface area contributed by atoms with E-state index in [-0.39, 0.29) is 16.1 Å². The molecule has 0 aliphatic heterocycles. The second-order valence-corrected chi connectivity index (χ2v) is 8.23. The van der Waals surface area contributed by atoms with Gasteiger partial charge in [-0.25, -0.2) is 13.2 Å². The number of hydrogen-bond acceptors (Lipinski definition) is 7. The first-order chi connectivity index (χ1) is 15.7. The van der Waals surface area contributed by atoms with Crippen molar-refractivity contribution in [1.29, 1.82) is 0 Å². The zero-order chi connectivity index (χ0) is 24.0. The number of rotatable bonds is 8. The Hall–Kier alpha value is -4.32. The molecule has 0 saturated carbocycles. The number of nitro benzene ring substituents is 1. The molecule has 3 aromatic rings. The fraction of sp³-hybridized carbons (Fsp3) is 0.0476. The van der Waals surface area contributed by atoms with Gasteiger partial charge in [0.2, 0.25) is 5.82 Å². The highest BCUT2D eigenvalue weighted by Crippen LogP contribution is 2.21. The molecule has 0 aromatic heterocycles. The van der Waals surface area contributed by atoms with Crippen LogP contribution in [0.4, 0.5) is 21.5 Å². The molecule has 0 bridgehead atoms. The standard InChI is InChI=1S/C21H16FN3O7S/c22-18-11-8-16(12-19(18)25(28)29)23-20(26)13-32-21(27)14-6-9-17(10-7-14)33(30,31)24-15-4-2-1-3-5-15/h1-12,24H,13H2,(H,23,26). The Morgan fingerprint density at radius 3 is 2.27 bits per heavy atom. The van der Waals surface area contributed by atoms with Gasteiger partial charge in [0.1, 0.15) is 0 Å². The fourth-order valence-corrected chi connectivity index (χ4v) is 3.69. The molecule has 3 rings (SSSR count). The van der Waals surface area contributed by atoms with Crippen molar-refractivity contribution in [3.63, 3.8) is 0 Å². The van der Waals surface area contributed by atoms with E-state index >= 15 is 0 Å². The Balaban J connectivity index is 1.58. The molecule has 0 radical (unpaired) electrons. The quantitative estimate of drug-likeness (QED) is 0.290. The Morgan fingerprint density at radius 2 is 1.64 bits per heavy atom. The molecule has 0 aliphatic rings. The highest BCUT2D eigenvalue weighted by Gasteiger charge is 2.18. The summed E-state index contributed by atoms with van der Waals surface area (Å²) in [6.07, 6.45) is 0. The lowest BCUT2D eigenvalue weighted by atomic mass is 10.2. The van der Waals surface area contributed by atoms with Crippen molar-refractivity contribution in [2.24, 2.45) is 0 Å². The van der Waals surface area contributed by atoms with Gasteiger partial charge in [-0.05, 0) is 48.5 Å². The third-order valence-corrected chi connectivity index (χ3v) is 5.58. The predicted octanol–water partition coefficient (Wildman–Crippen LogP) is 3.33. The molecule has 2 N–H and O–H groups in total. The van der Waals surface area contributed by atoms with Gasteiger partial charge in [0.25, 0.3) is 15.9 Å². The molecule has 3 aromatic carbocycles. The summed E-state index contributed by atoms with van der Waals surface area (Å²) in [4.78, 5) is 33.8. The van der Waals surface area contributed by atoms with Gasteiger partial charge in [-0.1, -0.05) is 18.2 Å². The van der Waals surface area contributed by atoms with Gasteiger partial charge in [-0.15, -0.1) is 0 Å². The number of esters is 1. The lowest BCUT2D eigenvalue weighted by Crippen LogP contribution is -2.21. The maximum absolute atomic E-state index is 13.3. The fourth-order valence-electron chi connectivity index (χ4n) is 2.63. The normalized spacial score (nSPS) is 10.8. The third kappa shape index (κ3) is 6.11. The summed E-state index contributed by atoms with van der Waals surface area (Å²) >= 11 is 0. The molecule has 1 amide bonds. The lowest BCUT2D eigenvalue weighted by Gasteiger charge is -2.09. The maximum atomic E-state index is 13.3. The average Bonchev–Trinajstić information content (AvgIpc) is 2.79. The van der Waals surface area contributed by atoms with Gasteiger partial charge in [-0.3, -0.25) is 19.6 Å². The van der Waals surface area contributed by atoms with Crippen LogP contribution in [0.2, 0.25) is 0 Å². The van der Waals surface area contributed by atoms with E-state index in [9.17, 15) is 32.5 Å². The summed E-state index contributed by atoms with van der Waals surface area (Å²) in [5.74, 6) is -2.76. The highest BCUT2D eigenvalue weighted by molar-refractivity contribution is 7.92. The van der Waals surface area contributed by atoms with E-state index in [1.54, 1.807) is 30.3 Å². The first kappa shape index (κ1) is 23.3. The molecule has 0 unspecified atom stereocenters. The van der Waals surface area contributed by atoms with E-state index in [0.29, 0.717) is 5.69 Å². The van der Waals surface area contributed by atoms with Crippen LogP contribution in [0, 0.1) is 15.9 Å². The topological polar surface area (TPSA) is 145 Å². The minimum Gasteiger partial charge on any atom is -0.452 e. The zero-order valence-electron chi connectivity index (χ0n) is 16.7. The minimum absolute atomic E-state index is 0.00104. The van der Waals surface area contributed by atoms with Crippen LogP contribution in [0.1, 0.15) is 10.4 Å². The summed E-state index contributed by atoms with van der Waals surface area (Å²) in [5.41, 5.74) is -0.497. The molecular weight excluding hydrogens is 457 g/mol. The van der Waals surface area contributed by atoms with Crippen LogP contribution >= 0.6 is 0 Å². The van der Waals surface area contributed by atoms with Crippen molar-refractivity contribution in [1.82, 2.24) is 0 Å². The van der Waals surface area contributed by atoms with E-state index in [2.05, 4.69) is 10.0 Å². The summed E-state index contributed by atoms with van der Waals surface area (Å²) in [6, 6.07) is 15.9. The molecule has 0 spiro atoms. The third-order valence-electron chi connectivity index (χ3n) is 4.19. The van der Waals surface area contributed by atoms with Crippen molar-refractivity contribution in [2.45, 2.75) is 4.90 Å². The van der Waals surface area contributed by atoms with Crippen LogP contribution in [0.5, 0.6) is 0 Å². The summed E-state index contributed by atoms with van der Waals surface area (Å²) < 4.78 is 45.4. The van der Waals surface area contributed by atoms with Crippen molar-refractivity contribution in [2.75, 3.05) is 16.6 Å². The number of nitrogens with zero attached hydrogens (tertiary/aromatic N) is 1. The molecule has 12 heteroatoms. The van der Waals surface area contributed by atoms with Crippen molar-refractivity contribution < 1.29 is 32.1 Å². The molecule has 0 saturated heterocycles. The average molecular weight is 473 g/mol. The molecule has 0 fully saturated rings. The number of nitro groups is 1. The number of halogens is 1. The van der Waals surface area contributed by atoms with E-state index in [0.717, 1.165) is 18.2 Å². The van der Waals surface area contributed by atoms with Gasteiger partial charge in [0.15, 0.2) is 6.61 Å². The number of hydrogen-bond donors (Lipinski definition) is 2. The Kier molecular flexibility index (Phi) is 6.98. The number of anilines is 2. The van der Waals surface area contributed by atoms with E-state index in [4.69, 9.17) is 4.74 Å². The lowest BCUT2D eigenvalue weighted by molar-refractivity contribution is -0.387. The number of benzene rings is 3. The van der Waals surface area contributed by atoms with E-state index in [1.165, 1.54) is 24.3 Å². The molecule has 170 valence electrons. The molecular formula is C21H16FN3O7S. The SMILES string of the molecule is O=C(COC(=O)c1ccc(S(=O)(=O)Nc2ccccc2)cc1)Nc1ccc(F)c([N+](=O)[O-])c1. The van der Waals surface area contributed by atoms with Gasteiger partial charge >= 0.3 is 11.7 Å². The monoisotopic (exact) mass is 473 g/mol. The van der Waals surface area contributed by atoms with Crippen LogP contribution in [0.25, 0.3) is 0 Å². The van der Waals surface area contributed by atoms with Gasteiger partial charge in [-0.2, -0.15) is 4.39 Å². The van der Waals surface area contributed by atoms with Crippen LogP contribution in [0.3, 0.4) is 0 Å². The first-order valence-electron chi connectivity index (χ1n) is 9.24. The van der Waals surface area contributed by atoms with Crippen molar-refractivity contribution >= 4 is 39.0 Å². The number of sulfonamides is 1. The Bertz CT molecular complexity index is 1300. The molecule has 33 heavy (non-hydrogen) atoms. The van der Waals surface area contributed by atoms with Gasteiger partial charge < -0.3 is 10.1 Å². The van der Waals surface area contributed by atoms with Gasteiger partial charge in [0.05, 0.1) is 15.4 Å². The molecule has 0 aliphatic carbocycles. The molecule has 0 heterocycles.